The van der Waals surface area contributed by atoms with E-state index >= 15 is 0 Å². The molecular weight excluding hydrogens is 308 g/mol. The molecule has 1 atom stereocenters. The third kappa shape index (κ3) is 4.97. The van der Waals surface area contributed by atoms with Crippen LogP contribution >= 0.6 is 0 Å². The quantitative estimate of drug-likeness (QED) is 0.549. The molecule has 128 valence electrons. The molecule has 0 amide bonds. The average Bonchev–Trinajstić information content (AvgIpc) is 2.60. The van der Waals surface area contributed by atoms with E-state index in [0.717, 1.165) is 5.56 Å². The highest BCUT2D eigenvalue weighted by molar-refractivity contribution is 5.75. The topological polar surface area (TPSA) is 90.8 Å². The van der Waals surface area contributed by atoms with E-state index in [2.05, 4.69) is 10.6 Å². The molecule has 0 saturated heterocycles. The van der Waals surface area contributed by atoms with E-state index in [4.69, 9.17) is 4.74 Å². The minimum absolute atomic E-state index is 0.177. The second kappa shape index (κ2) is 8.90. The predicted molar refractivity (Wildman–Crippen MR) is 90.6 cm³/mol. The summed E-state index contributed by atoms with van der Waals surface area (Å²) in [5.74, 6) is -0.00669. The molecule has 0 radical (unpaired) electrons. The van der Waals surface area contributed by atoms with Crippen molar-refractivity contribution in [2.24, 2.45) is 0 Å². The maximum Gasteiger partial charge on any atom is 0.324 e. The lowest BCUT2D eigenvalue weighted by Crippen LogP contribution is -2.44. The molecule has 0 saturated carbocycles. The number of para-hydroxylation sites is 2. The normalized spacial score (nSPS) is 11.9. The SMILES string of the molecule is COC(=O)C(CNCc1ccccc1O)NCc1ccccc1O. The number of carbonyl (C=O) groups is 1. The van der Waals surface area contributed by atoms with Gasteiger partial charge in [0.25, 0.3) is 0 Å². The molecular formula is C18H22N2O4. The molecule has 0 heterocycles. The van der Waals surface area contributed by atoms with Gasteiger partial charge in [0.15, 0.2) is 0 Å². The number of aromatic hydroxyl groups is 2. The van der Waals surface area contributed by atoms with Gasteiger partial charge in [0, 0.05) is 30.8 Å². The lowest BCUT2D eigenvalue weighted by atomic mass is 10.1. The molecule has 2 rings (SSSR count). The van der Waals surface area contributed by atoms with Crippen LogP contribution in [0.25, 0.3) is 0 Å². The molecule has 4 N–H and O–H groups in total. The van der Waals surface area contributed by atoms with Gasteiger partial charge in [-0.25, -0.2) is 0 Å². The van der Waals surface area contributed by atoms with Gasteiger partial charge in [0.05, 0.1) is 7.11 Å². The van der Waals surface area contributed by atoms with Crippen molar-refractivity contribution in [1.29, 1.82) is 0 Å². The number of ether oxygens (including phenoxy) is 1. The van der Waals surface area contributed by atoms with E-state index in [1.165, 1.54) is 7.11 Å². The summed E-state index contributed by atoms with van der Waals surface area (Å²) in [6, 6.07) is 13.4. The summed E-state index contributed by atoms with van der Waals surface area (Å²) in [6.45, 7) is 1.09. The van der Waals surface area contributed by atoms with Gasteiger partial charge in [-0.2, -0.15) is 0 Å². The molecule has 24 heavy (non-hydrogen) atoms. The Labute approximate surface area is 141 Å². The van der Waals surface area contributed by atoms with Crippen LogP contribution in [0.1, 0.15) is 11.1 Å². The first-order chi connectivity index (χ1) is 11.6. The smallest absolute Gasteiger partial charge is 0.324 e. The number of rotatable bonds is 8. The fraction of sp³-hybridized carbons (Fsp3) is 0.278. The van der Waals surface area contributed by atoms with Crippen molar-refractivity contribution in [1.82, 2.24) is 10.6 Å². The molecule has 0 aliphatic rings. The number of methoxy groups -OCH3 is 1. The molecule has 2 aromatic rings. The first kappa shape index (κ1) is 17.8. The highest BCUT2D eigenvalue weighted by atomic mass is 16.5. The molecule has 0 aromatic heterocycles. The molecule has 0 aliphatic carbocycles. The molecule has 6 heteroatoms. The number of esters is 1. The molecule has 0 bridgehead atoms. The van der Waals surface area contributed by atoms with Crippen LogP contribution in [0, 0.1) is 0 Å². The fourth-order valence-corrected chi connectivity index (χ4v) is 2.29. The van der Waals surface area contributed by atoms with Crippen LogP contribution in [-0.2, 0) is 22.6 Å². The summed E-state index contributed by atoms with van der Waals surface area (Å²) in [4.78, 5) is 11.9. The van der Waals surface area contributed by atoms with Gasteiger partial charge in [-0.1, -0.05) is 36.4 Å². The maximum atomic E-state index is 11.9. The molecule has 0 spiro atoms. The maximum absolute atomic E-state index is 11.9. The standard InChI is InChI=1S/C18H22N2O4/c1-24-18(23)15(20-11-14-7-3-5-9-17(14)22)12-19-10-13-6-2-4-8-16(13)21/h2-9,15,19-22H,10-12H2,1H3. The van der Waals surface area contributed by atoms with Crippen molar-refractivity contribution >= 4 is 5.97 Å². The average molecular weight is 330 g/mol. The van der Waals surface area contributed by atoms with Gasteiger partial charge < -0.3 is 20.3 Å². The summed E-state index contributed by atoms with van der Waals surface area (Å²) in [5.41, 5.74) is 1.45. The number of phenols is 2. The van der Waals surface area contributed by atoms with Crippen LogP contribution in [0.2, 0.25) is 0 Å². The number of nitrogens with one attached hydrogen (secondary N) is 2. The van der Waals surface area contributed by atoms with E-state index in [0.29, 0.717) is 25.2 Å². The minimum atomic E-state index is -0.569. The van der Waals surface area contributed by atoms with Gasteiger partial charge in [-0.15, -0.1) is 0 Å². The first-order valence-corrected chi connectivity index (χ1v) is 7.67. The first-order valence-electron chi connectivity index (χ1n) is 7.67. The fourth-order valence-electron chi connectivity index (χ4n) is 2.29. The Hall–Kier alpha value is -2.57. The van der Waals surface area contributed by atoms with Crippen molar-refractivity contribution in [3.8, 4) is 11.5 Å². The van der Waals surface area contributed by atoms with Crippen molar-refractivity contribution in [2.75, 3.05) is 13.7 Å². The Morgan fingerprint density at radius 1 is 1.00 bits per heavy atom. The van der Waals surface area contributed by atoms with E-state index in [9.17, 15) is 15.0 Å². The van der Waals surface area contributed by atoms with E-state index in [-0.39, 0.29) is 11.5 Å². The van der Waals surface area contributed by atoms with Crippen molar-refractivity contribution in [3.63, 3.8) is 0 Å². The second-order valence-corrected chi connectivity index (χ2v) is 5.34. The molecule has 1 unspecified atom stereocenters. The molecule has 6 nitrogen and oxygen atoms in total. The van der Waals surface area contributed by atoms with Crippen LogP contribution < -0.4 is 10.6 Å². The number of phenolic OH excluding ortho intramolecular Hbond substituents is 2. The Morgan fingerprint density at radius 2 is 1.54 bits per heavy atom. The zero-order valence-electron chi connectivity index (χ0n) is 13.5. The second-order valence-electron chi connectivity index (χ2n) is 5.34. The van der Waals surface area contributed by atoms with Crippen LogP contribution in [0.5, 0.6) is 11.5 Å². The van der Waals surface area contributed by atoms with Crippen LogP contribution in [0.3, 0.4) is 0 Å². The lowest BCUT2D eigenvalue weighted by Gasteiger charge is -2.18. The van der Waals surface area contributed by atoms with E-state index < -0.39 is 12.0 Å². The zero-order valence-corrected chi connectivity index (χ0v) is 13.5. The van der Waals surface area contributed by atoms with Gasteiger partial charge >= 0.3 is 5.97 Å². The molecule has 2 aromatic carbocycles. The van der Waals surface area contributed by atoms with Crippen LogP contribution in [0.15, 0.2) is 48.5 Å². The van der Waals surface area contributed by atoms with E-state index in [1.54, 1.807) is 30.3 Å². The third-order valence-corrected chi connectivity index (χ3v) is 3.67. The Balaban J connectivity index is 1.90. The monoisotopic (exact) mass is 330 g/mol. The van der Waals surface area contributed by atoms with E-state index in [1.807, 2.05) is 18.2 Å². The molecule has 0 aliphatic heterocycles. The zero-order chi connectivity index (χ0) is 17.4. The largest absolute Gasteiger partial charge is 0.508 e. The Morgan fingerprint density at radius 3 is 2.08 bits per heavy atom. The summed E-state index contributed by atoms with van der Waals surface area (Å²) >= 11 is 0. The summed E-state index contributed by atoms with van der Waals surface area (Å²) < 4.78 is 4.80. The lowest BCUT2D eigenvalue weighted by molar-refractivity contribution is -0.143. The van der Waals surface area contributed by atoms with Gasteiger partial charge in [0.1, 0.15) is 17.5 Å². The van der Waals surface area contributed by atoms with Crippen LogP contribution in [0.4, 0.5) is 0 Å². The highest BCUT2D eigenvalue weighted by Crippen LogP contribution is 2.16. The van der Waals surface area contributed by atoms with Crippen molar-refractivity contribution < 1.29 is 19.7 Å². The van der Waals surface area contributed by atoms with Gasteiger partial charge in [-0.3, -0.25) is 10.1 Å². The van der Waals surface area contributed by atoms with Crippen molar-refractivity contribution in [2.45, 2.75) is 19.1 Å². The highest BCUT2D eigenvalue weighted by Gasteiger charge is 2.18. The van der Waals surface area contributed by atoms with Gasteiger partial charge in [0.2, 0.25) is 0 Å². The number of carbonyl (C=O) groups excluding carboxylic acids is 1. The summed E-state index contributed by atoms with van der Waals surface area (Å²) in [6.07, 6.45) is 0. The summed E-state index contributed by atoms with van der Waals surface area (Å²) in [7, 11) is 1.33. The number of hydrogen-bond acceptors (Lipinski definition) is 6. The minimum Gasteiger partial charge on any atom is -0.508 e. The number of hydrogen-bond donors (Lipinski definition) is 4. The van der Waals surface area contributed by atoms with Crippen LogP contribution in [-0.4, -0.2) is 35.9 Å². The molecule has 0 fully saturated rings. The van der Waals surface area contributed by atoms with Crippen molar-refractivity contribution in [3.05, 3.63) is 59.7 Å². The number of benzene rings is 2. The summed E-state index contributed by atoms with van der Waals surface area (Å²) in [5, 5.41) is 25.7. The van der Waals surface area contributed by atoms with Gasteiger partial charge in [-0.05, 0) is 12.1 Å². The third-order valence-electron chi connectivity index (χ3n) is 3.67. The Kier molecular flexibility index (Phi) is 6.60. The predicted octanol–water partition coefficient (Wildman–Crippen LogP) is 1.52. The Bertz CT molecular complexity index is 676.